The fourth-order valence-corrected chi connectivity index (χ4v) is 2.10. The summed E-state index contributed by atoms with van der Waals surface area (Å²) in [5, 5.41) is 0.101. The molecule has 0 radical (unpaired) electrons. The maximum atomic E-state index is 11.4. The first-order valence-corrected chi connectivity index (χ1v) is 5.43. The lowest BCUT2D eigenvalue weighted by atomic mass is 10.2. The average Bonchev–Trinajstić information content (AvgIpc) is 2.84. The van der Waals surface area contributed by atoms with Gasteiger partial charge < -0.3 is 8.83 Å². The van der Waals surface area contributed by atoms with E-state index in [9.17, 15) is 19.2 Å². The summed E-state index contributed by atoms with van der Waals surface area (Å²) in [7, 11) is 0. The van der Waals surface area contributed by atoms with Gasteiger partial charge in [0.25, 0.3) is 0 Å². The van der Waals surface area contributed by atoms with Crippen molar-refractivity contribution in [2.75, 3.05) is 0 Å². The first-order chi connectivity index (χ1) is 9.54. The van der Waals surface area contributed by atoms with Crippen LogP contribution in [0.15, 0.2) is 40.1 Å². The van der Waals surface area contributed by atoms with Crippen LogP contribution in [0, 0.1) is 0 Å². The Morgan fingerprint density at radius 2 is 1.05 bits per heavy atom. The molecule has 0 bridgehead atoms. The molecule has 0 N–H and O–H groups in total. The molecule has 8 heteroatoms. The van der Waals surface area contributed by atoms with Gasteiger partial charge in [-0.05, 0) is 12.1 Å². The number of aromatic nitrogens is 2. The van der Waals surface area contributed by atoms with E-state index in [0.717, 1.165) is 0 Å². The first-order valence-electron chi connectivity index (χ1n) is 5.43. The molecule has 0 saturated heterocycles. The third-order valence-corrected chi connectivity index (χ3v) is 3.00. The molecule has 3 aromatic heterocycles. The van der Waals surface area contributed by atoms with E-state index >= 15 is 0 Å². The lowest BCUT2D eigenvalue weighted by Crippen LogP contribution is -1.97. The van der Waals surface area contributed by atoms with Crippen LogP contribution in [0.2, 0.25) is 0 Å². The SMILES string of the molecule is O=c1oc(=O)c2cc3nc4c(=O)oc(=O)c4nc3cc12. The summed E-state index contributed by atoms with van der Waals surface area (Å²) >= 11 is 0. The van der Waals surface area contributed by atoms with Crippen LogP contribution in [0.3, 0.4) is 0 Å². The number of benzene rings is 1. The van der Waals surface area contributed by atoms with Crippen molar-refractivity contribution in [2.45, 2.75) is 0 Å². The number of nitrogens with zero attached hydrogens (tertiary/aromatic N) is 2. The molecule has 0 atom stereocenters. The van der Waals surface area contributed by atoms with Gasteiger partial charge in [-0.2, -0.15) is 0 Å². The molecule has 0 fully saturated rings. The van der Waals surface area contributed by atoms with Crippen LogP contribution in [0.25, 0.3) is 32.8 Å². The standard InChI is InChI=1S/C12H2N2O6/c15-9-3-1-5-6(2-4(3)10(16)19-9)14-8-7(13-5)11(17)20-12(8)18/h1-2H. The van der Waals surface area contributed by atoms with Crippen molar-refractivity contribution in [3.05, 3.63) is 53.8 Å². The van der Waals surface area contributed by atoms with Crippen LogP contribution < -0.4 is 22.5 Å². The Balaban J connectivity index is 2.34. The zero-order chi connectivity index (χ0) is 14.0. The minimum atomic E-state index is -0.890. The van der Waals surface area contributed by atoms with Crippen molar-refractivity contribution in [3.8, 4) is 0 Å². The maximum absolute atomic E-state index is 11.4. The molecule has 0 amide bonds. The van der Waals surface area contributed by atoms with E-state index in [0.29, 0.717) is 0 Å². The number of hydrogen-bond acceptors (Lipinski definition) is 8. The molecule has 0 saturated carbocycles. The highest BCUT2D eigenvalue weighted by Crippen LogP contribution is 2.17. The predicted molar refractivity (Wildman–Crippen MR) is 66.5 cm³/mol. The van der Waals surface area contributed by atoms with E-state index in [1.165, 1.54) is 12.1 Å². The van der Waals surface area contributed by atoms with E-state index in [2.05, 4.69) is 18.8 Å². The lowest BCUT2D eigenvalue weighted by Gasteiger charge is -1.94. The fraction of sp³-hybridized carbons (Fsp3) is 0. The van der Waals surface area contributed by atoms with Gasteiger partial charge in [0.2, 0.25) is 0 Å². The average molecular weight is 270 g/mol. The summed E-state index contributed by atoms with van der Waals surface area (Å²) in [6.45, 7) is 0. The summed E-state index contributed by atoms with van der Waals surface area (Å²) in [5.74, 6) is 0. The molecule has 0 aliphatic heterocycles. The second kappa shape index (κ2) is 3.23. The van der Waals surface area contributed by atoms with E-state index in [4.69, 9.17) is 0 Å². The highest BCUT2D eigenvalue weighted by atomic mass is 16.4. The van der Waals surface area contributed by atoms with Gasteiger partial charge in [0.15, 0.2) is 11.0 Å². The van der Waals surface area contributed by atoms with Crippen molar-refractivity contribution < 1.29 is 8.83 Å². The molecule has 4 aromatic rings. The van der Waals surface area contributed by atoms with E-state index in [1.54, 1.807) is 0 Å². The monoisotopic (exact) mass is 270 g/mol. The van der Waals surface area contributed by atoms with Crippen LogP contribution in [-0.4, -0.2) is 9.97 Å². The maximum Gasteiger partial charge on any atom is 0.367 e. The van der Waals surface area contributed by atoms with Crippen molar-refractivity contribution >= 4 is 32.8 Å². The lowest BCUT2D eigenvalue weighted by molar-refractivity contribution is 0.498. The number of rotatable bonds is 0. The van der Waals surface area contributed by atoms with Gasteiger partial charge in [-0.3, -0.25) is 0 Å². The summed E-state index contributed by atoms with van der Waals surface area (Å²) in [5.41, 5.74) is -3.38. The van der Waals surface area contributed by atoms with Crippen LogP contribution in [-0.2, 0) is 0 Å². The van der Waals surface area contributed by atoms with Crippen LogP contribution in [0.1, 0.15) is 0 Å². The second-order valence-electron chi connectivity index (χ2n) is 4.16. The molecule has 4 rings (SSSR count). The molecule has 0 aliphatic rings. The Morgan fingerprint density at radius 1 is 0.650 bits per heavy atom. The molecule has 0 unspecified atom stereocenters. The summed E-state index contributed by atoms with van der Waals surface area (Å²) < 4.78 is 8.84. The minimum Gasteiger partial charge on any atom is -0.386 e. The van der Waals surface area contributed by atoms with E-state index < -0.39 is 22.5 Å². The topological polar surface area (TPSA) is 120 Å². The molecule has 20 heavy (non-hydrogen) atoms. The predicted octanol–water partition coefficient (Wildman–Crippen LogP) is -0.561. The Hall–Kier alpha value is -3.16. The first kappa shape index (κ1) is 10.7. The van der Waals surface area contributed by atoms with Crippen molar-refractivity contribution in [3.63, 3.8) is 0 Å². The van der Waals surface area contributed by atoms with Crippen molar-refractivity contribution in [1.82, 2.24) is 9.97 Å². The normalized spacial score (nSPS) is 11.8. The van der Waals surface area contributed by atoms with Gasteiger partial charge in [0.05, 0.1) is 21.8 Å². The van der Waals surface area contributed by atoms with Gasteiger partial charge in [0.1, 0.15) is 0 Å². The molecule has 96 valence electrons. The third kappa shape index (κ3) is 1.19. The molecule has 8 nitrogen and oxygen atoms in total. The van der Waals surface area contributed by atoms with Crippen LogP contribution in [0.5, 0.6) is 0 Å². The van der Waals surface area contributed by atoms with Gasteiger partial charge >= 0.3 is 22.5 Å². The van der Waals surface area contributed by atoms with Crippen LogP contribution >= 0.6 is 0 Å². The molecule has 1 aromatic carbocycles. The zero-order valence-corrected chi connectivity index (χ0v) is 9.50. The Kier molecular flexibility index (Phi) is 1.74. The van der Waals surface area contributed by atoms with Gasteiger partial charge in [-0.15, -0.1) is 0 Å². The smallest absolute Gasteiger partial charge is 0.367 e. The van der Waals surface area contributed by atoms with Crippen LogP contribution in [0.4, 0.5) is 0 Å². The summed E-state index contributed by atoms with van der Waals surface area (Å²) in [6, 6.07) is 2.59. The molecular formula is C12H2N2O6. The number of furan rings is 2. The Morgan fingerprint density at radius 3 is 1.50 bits per heavy atom. The van der Waals surface area contributed by atoms with E-state index in [-0.39, 0.29) is 32.8 Å². The molecular weight excluding hydrogens is 268 g/mol. The molecule has 3 heterocycles. The highest BCUT2D eigenvalue weighted by Gasteiger charge is 2.16. The van der Waals surface area contributed by atoms with Crippen molar-refractivity contribution in [2.24, 2.45) is 0 Å². The highest BCUT2D eigenvalue weighted by molar-refractivity contribution is 5.96. The summed E-state index contributed by atoms with van der Waals surface area (Å²) in [4.78, 5) is 53.5. The zero-order valence-electron chi connectivity index (χ0n) is 9.50. The minimum absolute atomic E-state index is 0.0504. The van der Waals surface area contributed by atoms with Gasteiger partial charge in [0, 0.05) is 0 Å². The number of hydrogen-bond donors (Lipinski definition) is 0. The molecule has 0 aliphatic carbocycles. The van der Waals surface area contributed by atoms with Gasteiger partial charge in [-0.1, -0.05) is 0 Å². The Bertz CT molecular complexity index is 1040. The number of fused-ring (bicyclic) bond motifs is 3. The third-order valence-electron chi connectivity index (χ3n) is 3.00. The largest absolute Gasteiger partial charge is 0.386 e. The second-order valence-corrected chi connectivity index (χ2v) is 4.16. The summed E-state index contributed by atoms with van der Waals surface area (Å²) in [6.07, 6.45) is 0. The van der Waals surface area contributed by atoms with E-state index in [1.807, 2.05) is 0 Å². The quantitative estimate of drug-likeness (QED) is 0.417. The molecule has 0 spiro atoms. The van der Waals surface area contributed by atoms with Gasteiger partial charge in [-0.25, -0.2) is 29.1 Å². The fourth-order valence-electron chi connectivity index (χ4n) is 2.10. The Labute approximate surface area is 106 Å². The van der Waals surface area contributed by atoms with Crippen molar-refractivity contribution in [1.29, 1.82) is 0 Å².